The molecule has 1 aliphatic carbocycles. The topological polar surface area (TPSA) is 79.0 Å². The molecule has 0 aliphatic heterocycles. The van der Waals surface area contributed by atoms with Crippen molar-refractivity contribution < 1.29 is 13.9 Å². The molecule has 0 spiro atoms. The number of nitrogens with one attached hydrogen (secondary N) is 3. The number of aromatic amines is 1. The number of halogens is 2. The number of methoxy groups -OCH3 is 1. The van der Waals surface area contributed by atoms with Gasteiger partial charge in [-0.25, -0.2) is 9.37 Å². The van der Waals surface area contributed by atoms with Gasteiger partial charge < -0.3 is 20.4 Å². The second kappa shape index (κ2) is 8.52. The number of benzene rings is 2. The smallest absolute Gasteiger partial charge is 0.255 e. The van der Waals surface area contributed by atoms with Crippen molar-refractivity contribution in [1.29, 1.82) is 0 Å². The maximum atomic E-state index is 14.5. The molecule has 30 heavy (non-hydrogen) atoms. The maximum Gasteiger partial charge on any atom is 0.255 e. The summed E-state index contributed by atoms with van der Waals surface area (Å²) < 4.78 is 19.9. The zero-order chi connectivity index (χ0) is 21.3. The van der Waals surface area contributed by atoms with Crippen molar-refractivity contribution in [2.75, 3.05) is 12.4 Å². The van der Waals surface area contributed by atoms with Gasteiger partial charge in [-0.1, -0.05) is 36.9 Å². The molecule has 8 heteroatoms. The van der Waals surface area contributed by atoms with Gasteiger partial charge in [-0.2, -0.15) is 0 Å². The molecule has 2 aromatic carbocycles. The number of carbonyl (C=O) groups excluding carboxylic acids is 1. The summed E-state index contributed by atoms with van der Waals surface area (Å²) in [4.78, 5) is 20.4. The lowest BCUT2D eigenvalue weighted by Gasteiger charge is -2.23. The molecule has 0 bridgehead atoms. The van der Waals surface area contributed by atoms with Crippen molar-refractivity contribution in [3.05, 3.63) is 46.2 Å². The van der Waals surface area contributed by atoms with Crippen molar-refractivity contribution in [2.45, 2.75) is 45.1 Å². The number of rotatable bonds is 5. The predicted octanol–water partition coefficient (Wildman–Crippen LogP) is 5.48. The number of amides is 1. The maximum absolute atomic E-state index is 14.5. The standard InChI is InChI=1S/C22H24ClFN4O2/c1-12-8-9-15(23)20(19(12)24)28-22-26-16-10-14(18(30-2)11-17(16)27-22)21(29)25-13-6-4-3-5-7-13/h8-11,13H,3-7H2,1-2H3,(H,25,29)(H2,26,27,28). The zero-order valence-corrected chi connectivity index (χ0v) is 17.7. The van der Waals surface area contributed by atoms with Gasteiger partial charge in [0.2, 0.25) is 5.95 Å². The highest BCUT2D eigenvalue weighted by molar-refractivity contribution is 6.33. The summed E-state index contributed by atoms with van der Waals surface area (Å²) in [5.74, 6) is 0.155. The molecule has 3 aromatic rings. The average Bonchev–Trinajstić information content (AvgIpc) is 3.15. The Balaban J connectivity index is 1.63. The van der Waals surface area contributed by atoms with E-state index < -0.39 is 5.82 Å². The number of carbonyl (C=O) groups is 1. The van der Waals surface area contributed by atoms with Gasteiger partial charge >= 0.3 is 0 Å². The van der Waals surface area contributed by atoms with Gasteiger partial charge in [-0.3, -0.25) is 4.79 Å². The van der Waals surface area contributed by atoms with Gasteiger partial charge in [0.05, 0.1) is 34.4 Å². The van der Waals surface area contributed by atoms with Gasteiger partial charge in [0.1, 0.15) is 5.75 Å². The molecule has 0 saturated heterocycles. The quantitative estimate of drug-likeness (QED) is 0.501. The minimum atomic E-state index is -0.437. The Morgan fingerprint density at radius 3 is 2.77 bits per heavy atom. The fraction of sp³-hybridized carbons (Fsp3) is 0.364. The highest BCUT2D eigenvalue weighted by atomic mass is 35.5. The Morgan fingerprint density at radius 2 is 2.03 bits per heavy atom. The number of aryl methyl sites for hydroxylation is 1. The molecular weight excluding hydrogens is 407 g/mol. The van der Waals surface area contributed by atoms with E-state index in [4.69, 9.17) is 16.3 Å². The number of anilines is 2. The number of H-pyrrole nitrogens is 1. The number of ether oxygens (including phenoxy) is 1. The Kier molecular flexibility index (Phi) is 5.81. The summed E-state index contributed by atoms with van der Waals surface area (Å²) in [6.07, 6.45) is 5.48. The van der Waals surface area contributed by atoms with E-state index in [-0.39, 0.29) is 22.7 Å². The van der Waals surface area contributed by atoms with Crippen molar-refractivity contribution in [1.82, 2.24) is 15.3 Å². The van der Waals surface area contributed by atoms with E-state index in [0.29, 0.717) is 33.9 Å². The fourth-order valence-electron chi connectivity index (χ4n) is 3.84. The van der Waals surface area contributed by atoms with Crippen LogP contribution in [0.3, 0.4) is 0 Å². The van der Waals surface area contributed by atoms with Crippen LogP contribution in [-0.4, -0.2) is 29.0 Å². The lowest BCUT2D eigenvalue weighted by Crippen LogP contribution is -2.36. The summed E-state index contributed by atoms with van der Waals surface area (Å²) in [5, 5.41) is 6.27. The van der Waals surface area contributed by atoms with E-state index in [1.54, 1.807) is 31.2 Å². The highest BCUT2D eigenvalue weighted by Crippen LogP contribution is 2.31. The Morgan fingerprint density at radius 1 is 1.27 bits per heavy atom. The molecule has 1 saturated carbocycles. The van der Waals surface area contributed by atoms with Crippen LogP contribution in [0.15, 0.2) is 24.3 Å². The Labute approximate surface area is 179 Å². The van der Waals surface area contributed by atoms with Crippen LogP contribution in [0.1, 0.15) is 48.0 Å². The molecule has 3 N–H and O–H groups in total. The van der Waals surface area contributed by atoms with Gasteiger partial charge in [0.15, 0.2) is 5.82 Å². The molecule has 1 aliphatic rings. The third-order valence-electron chi connectivity index (χ3n) is 5.52. The molecule has 0 unspecified atom stereocenters. The first-order valence-corrected chi connectivity index (χ1v) is 10.4. The first kappa shape index (κ1) is 20.5. The van der Waals surface area contributed by atoms with Crippen LogP contribution in [0.5, 0.6) is 5.75 Å². The molecule has 0 atom stereocenters. The number of aromatic nitrogens is 2. The molecular formula is C22H24ClFN4O2. The van der Waals surface area contributed by atoms with E-state index in [0.717, 1.165) is 25.7 Å². The van der Waals surface area contributed by atoms with Crippen LogP contribution < -0.4 is 15.4 Å². The lowest BCUT2D eigenvalue weighted by molar-refractivity contribution is 0.0925. The molecule has 1 heterocycles. The summed E-state index contributed by atoms with van der Waals surface area (Å²) in [6.45, 7) is 1.66. The molecule has 0 radical (unpaired) electrons. The SMILES string of the molecule is COc1cc2nc(Nc3c(Cl)ccc(C)c3F)[nH]c2cc1C(=O)NC1CCCCC1. The van der Waals surface area contributed by atoms with Gasteiger partial charge in [-0.15, -0.1) is 0 Å². The molecule has 1 fully saturated rings. The van der Waals surface area contributed by atoms with E-state index in [1.807, 2.05) is 0 Å². The molecule has 4 rings (SSSR count). The largest absolute Gasteiger partial charge is 0.496 e. The van der Waals surface area contributed by atoms with Crippen LogP contribution in [-0.2, 0) is 0 Å². The summed E-state index contributed by atoms with van der Waals surface area (Å²) in [7, 11) is 1.52. The van der Waals surface area contributed by atoms with E-state index in [9.17, 15) is 9.18 Å². The summed E-state index contributed by atoms with van der Waals surface area (Å²) in [5.41, 5.74) is 2.29. The third-order valence-corrected chi connectivity index (χ3v) is 5.83. The van der Waals surface area contributed by atoms with Crippen molar-refractivity contribution >= 4 is 40.2 Å². The fourth-order valence-corrected chi connectivity index (χ4v) is 4.04. The Hall–Kier alpha value is -2.80. The molecule has 6 nitrogen and oxygen atoms in total. The highest BCUT2D eigenvalue weighted by Gasteiger charge is 2.21. The normalized spacial score (nSPS) is 14.7. The summed E-state index contributed by atoms with van der Waals surface area (Å²) >= 11 is 6.14. The van der Waals surface area contributed by atoms with E-state index in [1.165, 1.54) is 13.5 Å². The number of hydrogen-bond acceptors (Lipinski definition) is 4. The average molecular weight is 431 g/mol. The second-order valence-corrected chi connectivity index (χ2v) is 8.05. The minimum absolute atomic E-state index is 0.151. The van der Waals surface area contributed by atoms with Crippen LogP contribution in [0, 0.1) is 12.7 Å². The zero-order valence-electron chi connectivity index (χ0n) is 16.9. The van der Waals surface area contributed by atoms with Crippen LogP contribution in [0.25, 0.3) is 11.0 Å². The second-order valence-electron chi connectivity index (χ2n) is 7.64. The Bertz CT molecular complexity index is 1090. The molecule has 1 amide bonds. The van der Waals surface area contributed by atoms with Crippen molar-refractivity contribution in [2.24, 2.45) is 0 Å². The van der Waals surface area contributed by atoms with E-state index >= 15 is 0 Å². The third kappa shape index (κ3) is 4.07. The van der Waals surface area contributed by atoms with Crippen LogP contribution in [0.2, 0.25) is 5.02 Å². The number of fused-ring (bicyclic) bond motifs is 1. The predicted molar refractivity (Wildman–Crippen MR) is 116 cm³/mol. The monoisotopic (exact) mass is 430 g/mol. The molecule has 1 aromatic heterocycles. The van der Waals surface area contributed by atoms with Gasteiger partial charge in [-0.05, 0) is 37.5 Å². The lowest BCUT2D eigenvalue weighted by atomic mass is 9.95. The van der Waals surface area contributed by atoms with Gasteiger partial charge in [0.25, 0.3) is 5.91 Å². The minimum Gasteiger partial charge on any atom is -0.496 e. The number of nitrogens with zero attached hydrogens (tertiary/aromatic N) is 1. The van der Waals surface area contributed by atoms with Crippen LogP contribution in [0.4, 0.5) is 16.0 Å². The van der Waals surface area contributed by atoms with Crippen molar-refractivity contribution in [3.8, 4) is 5.75 Å². The van der Waals surface area contributed by atoms with Crippen molar-refractivity contribution in [3.63, 3.8) is 0 Å². The van der Waals surface area contributed by atoms with E-state index in [2.05, 4.69) is 20.6 Å². The number of hydrogen-bond donors (Lipinski definition) is 3. The summed E-state index contributed by atoms with van der Waals surface area (Å²) in [6, 6.07) is 6.84. The van der Waals surface area contributed by atoms with Gasteiger partial charge in [0, 0.05) is 12.1 Å². The first-order chi connectivity index (χ1) is 14.5. The van der Waals surface area contributed by atoms with Crippen LogP contribution >= 0.6 is 11.6 Å². The first-order valence-electron chi connectivity index (χ1n) is 10.1. The molecule has 158 valence electrons. The number of imidazole rings is 1.